The number of piperazine rings is 1. The first-order valence-electron chi connectivity index (χ1n) is 9.65. The minimum atomic E-state index is -4.31. The molecule has 4 nitrogen and oxygen atoms in total. The molecule has 142 valence electrons. The predicted molar refractivity (Wildman–Crippen MR) is 87.9 cm³/mol. The SMILES string of the molecule is O=C(NCC(N1CCNCC1)C(F)(F)F)C12CC3CC(CC(C3)C1)C2. The Bertz CT molecular complexity index is 481. The average molecular weight is 359 g/mol. The summed E-state index contributed by atoms with van der Waals surface area (Å²) in [7, 11) is 0. The van der Waals surface area contributed by atoms with Crippen LogP contribution in [-0.4, -0.2) is 55.7 Å². The zero-order valence-electron chi connectivity index (χ0n) is 14.6. The Morgan fingerprint density at radius 1 is 1.08 bits per heavy atom. The topological polar surface area (TPSA) is 44.4 Å². The van der Waals surface area contributed by atoms with E-state index in [-0.39, 0.29) is 17.9 Å². The third kappa shape index (κ3) is 3.42. The smallest absolute Gasteiger partial charge is 0.354 e. The Morgan fingerprint density at radius 3 is 2.08 bits per heavy atom. The maximum Gasteiger partial charge on any atom is 0.405 e. The maximum absolute atomic E-state index is 13.5. The van der Waals surface area contributed by atoms with Gasteiger partial charge < -0.3 is 10.6 Å². The number of hydrogen-bond acceptors (Lipinski definition) is 3. The number of alkyl halides is 3. The third-order valence-corrected chi connectivity index (χ3v) is 6.95. The molecule has 1 saturated heterocycles. The molecule has 1 aliphatic heterocycles. The van der Waals surface area contributed by atoms with Crippen molar-refractivity contribution in [3.05, 3.63) is 0 Å². The van der Waals surface area contributed by atoms with E-state index in [0.717, 1.165) is 19.3 Å². The number of nitrogens with zero attached hydrogens (tertiary/aromatic N) is 1. The monoisotopic (exact) mass is 359 g/mol. The number of nitrogens with one attached hydrogen (secondary N) is 2. The van der Waals surface area contributed by atoms with Gasteiger partial charge in [-0.3, -0.25) is 9.69 Å². The lowest BCUT2D eigenvalue weighted by molar-refractivity contribution is -0.185. The predicted octanol–water partition coefficient (Wildman–Crippen LogP) is 2.16. The van der Waals surface area contributed by atoms with Gasteiger partial charge in [0.15, 0.2) is 0 Å². The van der Waals surface area contributed by atoms with E-state index in [4.69, 9.17) is 0 Å². The second kappa shape index (κ2) is 6.41. The number of amides is 1. The Morgan fingerprint density at radius 2 is 1.60 bits per heavy atom. The van der Waals surface area contributed by atoms with Gasteiger partial charge >= 0.3 is 6.18 Å². The summed E-state index contributed by atoms with van der Waals surface area (Å²) in [6.07, 6.45) is 2.00. The van der Waals surface area contributed by atoms with Crippen LogP contribution in [0.25, 0.3) is 0 Å². The van der Waals surface area contributed by atoms with Crippen LogP contribution in [0.4, 0.5) is 13.2 Å². The molecule has 25 heavy (non-hydrogen) atoms. The van der Waals surface area contributed by atoms with E-state index in [1.54, 1.807) is 0 Å². The Labute approximate surface area is 146 Å². The number of halogens is 3. The first kappa shape index (κ1) is 17.6. The lowest BCUT2D eigenvalue weighted by atomic mass is 9.49. The molecule has 2 N–H and O–H groups in total. The van der Waals surface area contributed by atoms with E-state index in [1.807, 2.05) is 0 Å². The van der Waals surface area contributed by atoms with Gasteiger partial charge in [-0.1, -0.05) is 0 Å². The largest absolute Gasteiger partial charge is 0.405 e. The van der Waals surface area contributed by atoms with Gasteiger partial charge in [0.05, 0.1) is 0 Å². The highest BCUT2D eigenvalue weighted by atomic mass is 19.4. The minimum absolute atomic E-state index is 0.115. The van der Waals surface area contributed by atoms with Crippen molar-refractivity contribution in [2.45, 2.75) is 50.7 Å². The molecule has 4 saturated carbocycles. The highest BCUT2D eigenvalue weighted by Gasteiger charge is 2.55. The lowest BCUT2D eigenvalue weighted by Crippen LogP contribution is -2.59. The van der Waals surface area contributed by atoms with Crippen molar-refractivity contribution in [1.29, 1.82) is 0 Å². The molecule has 5 aliphatic rings. The molecule has 4 bridgehead atoms. The standard InChI is InChI=1S/C18H28F3N3O/c19-18(20,21)15(24-3-1-22-2-4-24)11-23-16(25)17-8-12-5-13(9-17)7-14(6-12)10-17/h12-15,22H,1-11H2,(H,23,25). The maximum atomic E-state index is 13.5. The quantitative estimate of drug-likeness (QED) is 0.809. The molecule has 5 fully saturated rings. The van der Waals surface area contributed by atoms with Crippen molar-refractivity contribution < 1.29 is 18.0 Å². The fourth-order valence-corrected chi connectivity index (χ4v) is 6.21. The fourth-order valence-electron chi connectivity index (χ4n) is 6.21. The van der Waals surface area contributed by atoms with E-state index < -0.39 is 12.2 Å². The van der Waals surface area contributed by atoms with Gasteiger partial charge in [-0.2, -0.15) is 13.2 Å². The van der Waals surface area contributed by atoms with Crippen molar-refractivity contribution in [2.24, 2.45) is 23.2 Å². The normalized spacial score (nSPS) is 39.4. The molecule has 7 heteroatoms. The molecular weight excluding hydrogens is 331 g/mol. The Kier molecular flexibility index (Phi) is 4.51. The van der Waals surface area contributed by atoms with E-state index in [2.05, 4.69) is 10.6 Å². The van der Waals surface area contributed by atoms with E-state index >= 15 is 0 Å². The molecular formula is C18H28F3N3O. The highest BCUT2D eigenvalue weighted by molar-refractivity contribution is 5.83. The first-order chi connectivity index (χ1) is 11.9. The van der Waals surface area contributed by atoms with Crippen molar-refractivity contribution in [3.63, 3.8) is 0 Å². The van der Waals surface area contributed by atoms with Crippen molar-refractivity contribution >= 4 is 5.91 Å². The summed E-state index contributed by atoms with van der Waals surface area (Å²) in [5.41, 5.74) is -0.381. The first-order valence-corrected chi connectivity index (χ1v) is 9.65. The molecule has 1 unspecified atom stereocenters. The van der Waals surface area contributed by atoms with Crippen LogP contribution < -0.4 is 10.6 Å². The van der Waals surface area contributed by atoms with E-state index in [1.165, 1.54) is 24.2 Å². The Hall–Kier alpha value is -0.820. The molecule has 4 aliphatic carbocycles. The summed E-state index contributed by atoms with van der Waals surface area (Å²) in [4.78, 5) is 14.4. The molecule has 5 rings (SSSR count). The summed E-state index contributed by atoms with van der Waals surface area (Å²) >= 11 is 0. The Balaban J connectivity index is 1.41. The molecule has 1 atom stereocenters. The van der Waals surface area contributed by atoms with Crippen LogP contribution >= 0.6 is 0 Å². The van der Waals surface area contributed by atoms with Gasteiger partial charge in [0.1, 0.15) is 6.04 Å². The minimum Gasteiger partial charge on any atom is -0.354 e. The van der Waals surface area contributed by atoms with Crippen LogP contribution in [-0.2, 0) is 4.79 Å². The summed E-state index contributed by atoms with van der Waals surface area (Å²) in [5, 5.41) is 5.80. The van der Waals surface area contributed by atoms with Crippen LogP contribution in [0.5, 0.6) is 0 Å². The molecule has 0 radical (unpaired) electrons. The van der Waals surface area contributed by atoms with Gasteiger partial charge in [0.2, 0.25) is 5.91 Å². The third-order valence-electron chi connectivity index (χ3n) is 6.95. The van der Waals surface area contributed by atoms with Crippen molar-refractivity contribution in [1.82, 2.24) is 15.5 Å². The second-order valence-electron chi connectivity index (χ2n) is 8.75. The average Bonchev–Trinajstić information content (AvgIpc) is 2.53. The molecule has 0 aromatic rings. The van der Waals surface area contributed by atoms with Gasteiger partial charge in [-0.25, -0.2) is 0 Å². The van der Waals surface area contributed by atoms with Gasteiger partial charge in [-0.05, 0) is 56.3 Å². The van der Waals surface area contributed by atoms with Crippen molar-refractivity contribution in [3.8, 4) is 0 Å². The zero-order valence-corrected chi connectivity index (χ0v) is 14.6. The summed E-state index contributed by atoms with van der Waals surface area (Å²) < 4.78 is 40.5. The summed E-state index contributed by atoms with van der Waals surface area (Å²) in [5.74, 6) is 1.73. The summed E-state index contributed by atoms with van der Waals surface area (Å²) in [6, 6.07) is -1.58. The van der Waals surface area contributed by atoms with E-state index in [9.17, 15) is 18.0 Å². The zero-order chi connectivity index (χ0) is 17.7. The van der Waals surface area contributed by atoms with Crippen molar-refractivity contribution in [2.75, 3.05) is 32.7 Å². The lowest BCUT2D eigenvalue weighted by Gasteiger charge is -2.55. The van der Waals surface area contributed by atoms with Crippen LogP contribution in [0, 0.1) is 23.2 Å². The van der Waals surface area contributed by atoms with E-state index in [0.29, 0.717) is 43.9 Å². The molecule has 1 amide bonds. The molecule has 0 aromatic heterocycles. The van der Waals surface area contributed by atoms with Gasteiger partial charge in [-0.15, -0.1) is 0 Å². The number of rotatable bonds is 4. The molecule has 0 aromatic carbocycles. The summed E-state index contributed by atoms with van der Waals surface area (Å²) in [6.45, 7) is 1.56. The van der Waals surface area contributed by atoms with Crippen LogP contribution in [0.1, 0.15) is 38.5 Å². The van der Waals surface area contributed by atoms with Crippen LogP contribution in [0.2, 0.25) is 0 Å². The van der Waals surface area contributed by atoms with Gasteiger partial charge in [0.25, 0.3) is 0 Å². The molecule has 1 heterocycles. The highest BCUT2D eigenvalue weighted by Crippen LogP contribution is 2.60. The van der Waals surface area contributed by atoms with Crippen LogP contribution in [0.15, 0.2) is 0 Å². The van der Waals surface area contributed by atoms with Crippen LogP contribution in [0.3, 0.4) is 0 Å². The molecule has 0 spiro atoms. The second-order valence-corrected chi connectivity index (χ2v) is 8.75. The van der Waals surface area contributed by atoms with Gasteiger partial charge in [0, 0.05) is 38.1 Å². The number of carbonyl (C=O) groups is 1. The fraction of sp³-hybridized carbons (Fsp3) is 0.944. The number of carbonyl (C=O) groups excluding carboxylic acids is 1. The number of hydrogen-bond donors (Lipinski definition) is 2.